The second-order valence-electron chi connectivity index (χ2n) is 4.20. The minimum absolute atomic E-state index is 0.127. The Morgan fingerprint density at radius 3 is 2.45 bits per heavy atom. The van der Waals surface area contributed by atoms with E-state index >= 15 is 0 Å². The normalized spacial score (nSPS) is 13.2. The van der Waals surface area contributed by atoms with Gasteiger partial charge in [0.25, 0.3) is 0 Å². The molecule has 3 nitrogen and oxygen atoms in total. The van der Waals surface area contributed by atoms with Crippen LogP contribution in [0.2, 0.25) is 0 Å². The number of alkyl halides is 3. The number of hydrogen-bond donors (Lipinski definition) is 1. The molecular formula is C13H12F3N3S. The van der Waals surface area contributed by atoms with E-state index in [-0.39, 0.29) is 6.04 Å². The SMILES string of the molecule is C[C@H](N)c1ccnc(Sc2ccc(C(F)(F)F)cn2)c1. The van der Waals surface area contributed by atoms with E-state index < -0.39 is 11.7 Å². The average molecular weight is 299 g/mol. The van der Waals surface area contributed by atoms with E-state index in [1.807, 2.05) is 6.92 Å². The Balaban J connectivity index is 2.16. The molecule has 0 aromatic carbocycles. The van der Waals surface area contributed by atoms with Crippen molar-refractivity contribution in [2.75, 3.05) is 0 Å². The highest BCUT2D eigenvalue weighted by molar-refractivity contribution is 7.99. The van der Waals surface area contributed by atoms with Crippen LogP contribution in [-0.4, -0.2) is 9.97 Å². The minimum Gasteiger partial charge on any atom is -0.324 e. The first-order chi connectivity index (χ1) is 9.36. The summed E-state index contributed by atoms with van der Waals surface area (Å²) in [5.41, 5.74) is 5.91. The van der Waals surface area contributed by atoms with E-state index in [0.717, 1.165) is 17.8 Å². The molecule has 0 aliphatic heterocycles. The van der Waals surface area contributed by atoms with Crippen molar-refractivity contribution in [3.63, 3.8) is 0 Å². The summed E-state index contributed by atoms with van der Waals surface area (Å²) >= 11 is 1.19. The third-order valence-electron chi connectivity index (χ3n) is 2.56. The number of nitrogens with zero attached hydrogens (tertiary/aromatic N) is 2. The summed E-state index contributed by atoms with van der Waals surface area (Å²) in [7, 11) is 0. The van der Waals surface area contributed by atoms with Crippen molar-refractivity contribution in [2.45, 2.75) is 29.2 Å². The Bertz CT molecular complexity index is 582. The zero-order valence-corrected chi connectivity index (χ0v) is 11.4. The predicted octanol–water partition coefficient (Wildman–Crippen LogP) is 3.67. The number of aromatic nitrogens is 2. The van der Waals surface area contributed by atoms with Gasteiger partial charge in [0.1, 0.15) is 10.1 Å². The van der Waals surface area contributed by atoms with E-state index in [0.29, 0.717) is 10.1 Å². The van der Waals surface area contributed by atoms with Gasteiger partial charge >= 0.3 is 6.18 Å². The van der Waals surface area contributed by atoms with Gasteiger partial charge in [0.2, 0.25) is 0 Å². The van der Waals surface area contributed by atoms with Crippen LogP contribution in [-0.2, 0) is 6.18 Å². The molecule has 0 fully saturated rings. The van der Waals surface area contributed by atoms with E-state index in [1.165, 1.54) is 17.8 Å². The summed E-state index contributed by atoms with van der Waals surface area (Å²) in [5, 5.41) is 1.10. The Labute approximate surface area is 118 Å². The fourth-order valence-corrected chi connectivity index (χ4v) is 2.24. The number of nitrogens with two attached hydrogens (primary N) is 1. The smallest absolute Gasteiger partial charge is 0.324 e. The average Bonchev–Trinajstić information content (AvgIpc) is 2.38. The topological polar surface area (TPSA) is 51.8 Å². The first-order valence-corrected chi connectivity index (χ1v) is 6.60. The van der Waals surface area contributed by atoms with Crippen molar-refractivity contribution < 1.29 is 13.2 Å². The molecule has 2 N–H and O–H groups in total. The highest BCUT2D eigenvalue weighted by Gasteiger charge is 2.30. The molecule has 0 unspecified atom stereocenters. The highest BCUT2D eigenvalue weighted by Crippen LogP contribution is 2.31. The molecule has 0 saturated carbocycles. The number of hydrogen-bond acceptors (Lipinski definition) is 4. The van der Waals surface area contributed by atoms with Gasteiger partial charge in [-0.25, -0.2) is 9.97 Å². The largest absolute Gasteiger partial charge is 0.417 e. The third-order valence-corrected chi connectivity index (χ3v) is 3.44. The molecule has 2 aromatic heterocycles. The first-order valence-electron chi connectivity index (χ1n) is 5.79. The van der Waals surface area contributed by atoms with Crippen LogP contribution in [0.15, 0.2) is 46.7 Å². The molecule has 0 bridgehead atoms. The monoisotopic (exact) mass is 299 g/mol. The lowest BCUT2D eigenvalue weighted by Gasteiger charge is -2.08. The summed E-state index contributed by atoms with van der Waals surface area (Å²) < 4.78 is 37.2. The standard InChI is InChI=1S/C13H12F3N3S/c1-8(17)9-4-5-18-12(6-9)20-11-3-2-10(7-19-11)13(14,15)16/h2-8H,17H2,1H3/t8-/m0/s1. The second-order valence-corrected chi connectivity index (χ2v) is 5.24. The maximum absolute atomic E-state index is 12.4. The minimum atomic E-state index is -4.37. The molecule has 0 saturated heterocycles. The second kappa shape index (κ2) is 5.80. The Morgan fingerprint density at radius 2 is 1.90 bits per heavy atom. The molecule has 0 spiro atoms. The first kappa shape index (κ1) is 14.8. The van der Waals surface area contributed by atoms with Crippen molar-refractivity contribution in [2.24, 2.45) is 5.73 Å². The van der Waals surface area contributed by atoms with Crippen LogP contribution in [0.5, 0.6) is 0 Å². The van der Waals surface area contributed by atoms with Gasteiger partial charge in [0.05, 0.1) is 5.56 Å². The quantitative estimate of drug-likeness (QED) is 0.939. The number of halogens is 3. The van der Waals surface area contributed by atoms with E-state index in [2.05, 4.69) is 9.97 Å². The molecule has 2 rings (SSSR count). The number of pyridine rings is 2. The van der Waals surface area contributed by atoms with E-state index in [1.54, 1.807) is 18.3 Å². The van der Waals surface area contributed by atoms with E-state index in [9.17, 15) is 13.2 Å². The Morgan fingerprint density at radius 1 is 1.15 bits per heavy atom. The van der Waals surface area contributed by atoms with Gasteiger partial charge in [0, 0.05) is 18.4 Å². The molecule has 0 radical (unpaired) electrons. The van der Waals surface area contributed by atoms with Crippen molar-refractivity contribution in [1.29, 1.82) is 0 Å². The maximum atomic E-state index is 12.4. The molecule has 20 heavy (non-hydrogen) atoms. The molecule has 1 atom stereocenters. The Kier molecular flexibility index (Phi) is 4.29. The van der Waals surface area contributed by atoms with Gasteiger partial charge in [-0.15, -0.1) is 0 Å². The van der Waals surface area contributed by atoms with Crippen molar-refractivity contribution in [3.05, 3.63) is 47.8 Å². The van der Waals surface area contributed by atoms with Crippen LogP contribution < -0.4 is 5.73 Å². The predicted molar refractivity (Wildman–Crippen MR) is 70.2 cm³/mol. The van der Waals surface area contributed by atoms with Crippen molar-refractivity contribution in [3.8, 4) is 0 Å². The van der Waals surface area contributed by atoms with Crippen LogP contribution in [0.1, 0.15) is 24.1 Å². The van der Waals surface area contributed by atoms with Gasteiger partial charge in [-0.1, -0.05) is 11.8 Å². The summed E-state index contributed by atoms with van der Waals surface area (Å²) in [6.45, 7) is 1.85. The zero-order chi connectivity index (χ0) is 14.8. The van der Waals surface area contributed by atoms with Gasteiger partial charge < -0.3 is 5.73 Å². The lowest BCUT2D eigenvalue weighted by molar-refractivity contribution is -0.137. The van der Waals surface area contributed by atoms with Gasteiger partial charge in [0.15, 0.2) is 0 Å². The fraction of sp³-hybridized carbons (Fsp3) is 0.231. The van der Waals surface area contributed by atoms with Crippen LogP contribution in [0.3, 0.4) is 0 Å². The molecule has 106 valence electrons. The summed E-state index contributed by atoms with van der Waals surface area (Å²) in [4.78, 5) is 7.92. The molecule has 2 aromatic rings. The third kappa shape index (κ3) is 3.71. The van der Waals surface area contributed by atoms with Gasteiger partial charge in [-0.2, -0.15) is 13.2 Å². The summed E-state index contributed by atoms with van der Waals surface area (Å²) in [5.74, 6) is 0. The lowest BCUT2D eigenvalue weighted by atomic mass is 10.1. The molecule has 7 heteroatoms. The lowest BCUT2D eigenvalue weighted by Crippen LogP contribution is -2.05. The van der Waals surface area contributed by atoms with Gasteiger partial charge in [-0.3, -0.25) is 0 Å². The summed E-state index contributed by atoms with van der Waals surface area (Å²) in [6.07, 6.45) is -1.94. The zero-order valence-electron chi connectivity index (χ0n) is 10.6. The fourth-order valence-electron chi connectivity index (χ4n) is 1.48. The van der Waals surface area contributed by atoms with Crippen LogP contribution in [0.4, 0.5) is 13.2 Å². The molecule has 0 aliphatic rings. The van der Waals surface area contributed by atoms with Crippen LogP contribution in [0.25, 0.3) is 0 Å². The van der Waals surface area contributed by atoms with E-state index in [4.69, 9.17) is 5.73 Å². The molecular weight excluding hydrogens is 287 g/mol. The van der Waals surface area contributed by atoms with Crippen LogP contribution >= 0.6 is 11.8 Å². The molecule has 0 amide bonds. The molecule has 0 aliphatic carbocycles. The van der Waals surface area contributed by atoms with Crippen molar-refractivity contribution in [1.82, 2.24) is 9.97 Å². The Hall–Kier alpha value is -1.60. The van der Waals surface area contributed by atoms with Crippen molar-refractivity contribution >= 4 is 11.8 Å². The number of rotatable bonds is 3. The van der Waals surface area contributed by atoms with Crippen LogP contribution in [0, 0.1) is 0 Å². The maximum Gasteiger partial charge on any atom is 0.417 e. The molecule has 2 heterocycles. The van der Waals surface area contributed by atoms with Gasteiger partial charge in [-0.05, 0) is 36.8 Å². The highest BCUT2D eigenvalue weighted by atomic mass is 32.2. The summed E-state index contributed by atoms with van der Waals surface area (Å²) in [6, 6.07) is 5.81.